The van der Waals surface area contributed by atoms with Crippen molar-refractivity contribution in [1.82, 2.24) is 9.97 Å². The largest absolute Gasteiger partial charge is 0.480 e. The van der Waals surface area contributed by atoms with Crippen molar-refractivity contribution < 1.29 is 23.7 Å². The summed E-state index contributed by atoms with van der Waals surface area (Å²) in [4.78, 5) is 23.1. The van der Waals surface area contributed by atoms with Gasteiger partial charge in [0.25, 0.3) is 0 Å². The van der Waals surface area contributed by atoms with Crippen LogP contribution in [0.4, 0.5) is 0 Å². The minimum absolute atomic E-state index is 0.126. The zero-order valence-corrected chi connectivity index (χ0v) is 17.0. The minimum atomic E-state index is -0.311. The van der Waals surface area contributed by atoms with Crippen LogP contribution in [-0.4, -0.2) is 49.0 Å². The highest BCUT2D eigenvalue weighted by Crippen LogP contribution is 2.54. The van der Waals surface area contributed by atoms with Gasteiger partial charge in [-0.05, 0) is 18.9 Å². The van der Waals surface area contributed by atoms with E-state index in [1.807, 2.05) is 6.92 Å². The molecule has 1 saturated heterocycles. The first-order valence-electron chi connectivity index (χ1n) is 9.04. The Hall–Kier alpha value is -1.77. The smallest absolute Gasteiger partial charge is 0.348 e. The average molecular weight is 392 g/mol. The highest BCUT2D eigenvalue weighted by Gasteiger charge is 2.61. The summed E-state index contributed by atoms with van der Waals surface area (Å²) in [5.41, 5.74) is 0.627. The minimum Gasteiger partial charge on any atom is -0.480 e. The molecule has 0 aromatic carbocycles. The van der Waals surface area contributed by atoms with Crippen molar-refractivity contribution in [3.63, 3.8) is 0 Å². The number of carbonyl (C=O) groups excluding carboxylic acids is 1. The molecule has 0 bridgehead atoms. The van der Waals surface area contributed by atoms with E-state index in [1.54, 1.807) is 14.2 Å². The van der Waals surface area contributed by atoms with Gasteiger partial charge in [0, 0.05) is 25.0 Å². The van der Waals surface area contributed by atoms with Crippen LogP contribution in [0.2, 0.25) is 0 Å². The number of thiophene rings is 1. The molecule has 7 nitrogen and oxygen atoms in total. The maximum absolute atomic E-state index is 13.0. The van der Waals surface area contributed by atoms with Gasteiger partial charge in [-0.3, -0.25) is 0 Å². The topological polar surface area (TPSA) is 79.8 Å². The molecule has 27 heavy (non-hydrogen) atoms. The van der Waals surface area contributed by atoms with Gasteiger partial charge in [0.2, 0.25) is 5.88 Å². The van der Waals surface area contributed by atoms with Crippen LogP contribution in [0.3, 0.4) is 0 Å². The number of rotatable bonds is 5. The Balaban J connectivity index is 1.65. The lowest BCUT2D eigenvalue weighted by atomic mass is 9.59. The molecule has 3 heterocycles. The van der Waals surface area contributed by atoms with Gasteiger partial charge >= 0.3 is 5.97 Å². The molecule has 0 amide bonds. The highest BCUT2D eigenvalue weighted by molar-refractivity contribution is 7.20. The van der Waals surface area contributed by atoms with E-state index in [2.05, 4.69) is 23.8 Å². The fraction of sp³-hybridized carbons (Fsp3) is 0.632. The molecule has 1 saturated carbocycles. The van der Waals surface area contributed by atoms with Crippen LogP contribution in [0.15, 0.2) is 0 Å². The summed E-state index contributed by atoms with van der Waals surface area (Å²) < 4.78 is 22.3. The lowest BCUT2D eigenvalue weighted by Crippen LogP contribution is -2.61. The zero-order chi connectivity index (χ0) is 19.3. The summed E-state index contributed by atoms with van der Waals surface area (Å²) in [7, 11) is 3.15. The molecule has 0 N–H and O–H groups in total. The highest BCUT2D eigenvalue weighted by atomic mass is 32.1. The van der Waals surface area contributed by atoms with Crippen LogP contribution in [0.5, 0.6) is 5.88 Å². The maximum Gasteiger partial charge on any atom is 0.348 e. The van der Waals surface area contributed by atoms with E-state index in [4.69, 9.17) is 18.9 Å². The van der Waals surface area contributed by atoms with Gasteiger partial charge in [-0.25, -0.2) is 9.78 Å². The van der Waals surface area contributed by atoms with Crippen molar-refractivity contribution in [1.29, 1.82) is 0 Å². The molecule has 0 radical (unpaired) electrons. The summed E-state index contributed by atoms with van der Waals surface area (Å²) in [6.07, 6.45) is 0.998. The fourth-order valence-electron chi connectivity index (χ4n) is 4.37. The summed E-state index contributed by atoms with van der Waals surface area (Å²) in [5, 5.41) is 0.754. The second kappa shape index (κ2) is 6.68. The Bertz CT molecular complexity index is 894. The Morgan fingerprint density at radius 1 is 1.33 bits per heavy atom. The van der Waals surface area contributed by atoms with Crippen molar-refractivity contribution in [2.75, 3.05) is 20.8 Å². The molecular weight excluding hydrogens is 368 g/mol. The van der Waals surface area contributed by atoms with Crippen LogP contribution in [0, 0.1) is 18.3 Å². The van der Waals surface area contributed by atoms with Gasteiger partial charge in [0.05, 0.1) is 18.6 Å². The van der Waals surface area contributed by atoms with Crippen LogP contribution in [-0.2, 0) is 20.8 Å². The van der Waals surface area contributed by atoms with Gasteiger partial charge in [0.15, 0.2) is 5.82 Å². The second-order valence-corrected chi connectivity index (χ2v) is 8.71. The van der Waals surface area contributed by atoms with E-state index < -0.39 is 0 Å². The third kappa shape index (κ3) is 2.81. The Morgan fingerprint density at radius 3 is 2.81 bits per heavy atom. The molecule has 2 aliphatic rings. The number of aryl methyl sites for hydroxylation is 1. The molecule has 146 valence electrons. The first-order valence-corrected chi connectivity index (χ1v) is 9.85. The zero-order valence-electron chi connectivity index (χ0n) is 16.2. The maximum atomic E-state index is 13.0. The summed E-state index contributed by atoms with van der Waals surface area (Å²) >= 11 is 1.31. The second-order valence-electron chi connectivity index (χ2n) is 7.71. The number of nitrogens with zero attached hydrogens (tertiary/aromatic N) is 2. The van der Waals surface area contributed by atoms with Gasteiger partial charge in [-0.2, -0.15) is 4.98 Å². The average Bonchev–Trinajstić information content (AvgIpc) is 3.23. The summed E-state index contributed by atoms with van der Waals surface area (Å²) in [6.45, 7) is 7.10. The molecule has 3 atom stereocenters. The molecule has 2 aromatic heterocycles. The summed E-state index contributed by atoms with van der Waals surface area (Å²) in [6, 6.07) is 0. The monoisotopic (exact) mass is 392 g/mol. The van der Waals surface area contributed by atoms with Gasteiger partial charge in [-0.15, -0.1) is 11.3 Å². The Kier molecular flexibility index (Phi) is 4.60. The lowest BCUT2D eigenvalue weighted by molar-refractivity contribution is -0.183. The quantitative estimate of drug-likeness (QED) is 0.723. The molecule has 1 aliphatic heterocycles. The molecule has 8 heteroatoms. The molecule has 4 rings (SSSR count). The summed E-state index contributed by atoms with van der Waals surface area (Å²) in [5.74, 6) is 0.956. The fourth-order valence-corrected chi connectivity index (χ4v) is 5.44. The van der Waals surface area contributed by atoms with Crippen molar-refractivity contribution in [2.24, 2.45) is 11.3 Å². The molecule has 2 aromatic rings. The van der Waals surface area contributed by atoms with E-state index in [9.17, 15) is 4.79 Å². The van der Waals surface area contributed by atoms with E-state index in [1.165, 1.54) is 11.3 Å². The van der Waals surface area contributed by atoms with E-state index >= 15 is 0 Å². The molecule has 0 unspecified atom stereocenters. The van der Waals surface area contributed by atoms with Crippen LogP contribution in [0.1, 0.15) is 41.3 Å². The van der Waals surface area contributed by atoms with Crippen molar-refractivity contribution in [2.45, 2.75) is 46.0 Å². The number of aromatic nitrogens is 2. The molecule has 1 aliphatic carbocycles. The van der Waals surface area contributed by atoms with E-state index in [-0.39, 0.29) is 30.2 Å². The van der Waals surface area contributed by atoms with Crippen molar-refractivity contribution in [3.8, 4) is 5.88 Å². The normalized spacial score (nSPS) is 25.9. The predicted molar refractivity (Wildman–Crippen MR) is 100 cm³/mol. The third-order valence-corrected chi connectivity index (χ3v) is 6.85. The third-order valence-electron chi connectivity index (χ3n) is 5.68. The van der Waals surface area contributed by atoms with E-state index in [0.717, 1.165) is 24.0 Å². The first kappa shape index (κ1) is 18.6. The number of methoxy groups -OCH3 is 2. The number of hydrogen-bond acceptors (Lipinski definition) is 8. The number of carbonyl (C=O) groups is 1. The predicted octanol–water partition coefficient (Wildman–Crippen LogP) is 3.13. The van der Waals surface area contributed by atoms with Crippen LogP contribution in [0.25, 0.3) is 10.2 Å². The van der Waals surface area contributed by atoms with Crippen LogP contribution >= 0.6 is 11.3 Å². The Labute approximate surface area is 162 Å². The van der Waals surface area contributed by atoms with Gasteiger partial charge < -0.3 is 18.9 Å². The molecule has 0 spiro atoms. The molecular formula is C19H24N2O5S. The van der Waals surface area contributed by atoms with Gasteiger partial charge in [0.1, 0.15) is 22.4 Å². The Morgan fingerprint density at radius 2 is 2.11 bits per heavy atom. The van der Waals surface area contributed by atoms with Crippen molar-refractivity contribution in [3.05, 3.63) is 16.3 Å². The lowest BCUT2D eigenvalue weighted by Gasteiger charge is -2.53. The van der Waals surface area contributed by atoms with E-state index in [0.29, 0.717) is 27.3 Å². The number of ether oxygens (including phenoxy) is 4. The van der Waals surface area contributed by atoms with Crippen LogP contribution < -0.4 is 4.74 Å². The number of fused-ring (bicyclic) bond motifs is 2. The first-order chi connectivity index (χ1) is 12.9. The standard InChI is InChI=1S/C19H24N2O5S/c1-9-12-16(24-5)20-11(8-23-4)21-17(12)27-13(9)18(22)26-15-10-6-7-25-14(10)19(15,2)3/h10,14-15H,6-8H2,1-5H3/t10-,14+,15-/m1/s1. The number of esters is 1. The number of hydrogen-bond donors (Lipinski definition) is 0. The van der Waals surface area contributed by atoms with Gasteiger partial charge in [-0.1, -0.05) is 13.8 Å². The SMILES string of the molecule is COCc1nc(OC)c2c(C)c(C(=O)O[C@@H]3[C@@H]4CCO[C@@H]4C3(C)C)sc2n1. The van der Waals surface area contributed by atoms with Crippen molar-refractivity contribution >= 4 is 27.5 Å². The molecule has 2 fully saturated rings.